The van der Waals surface area contributed by atoms with Gasteiger partial charge in [-0.15, -0.1) is 0 Å². The molecule has 12 heteroatoms. The van der Waals surface area contributed by atoms with E-state index < -0.39 is 6.09 Å². The number of hydrogen-bond acceptors (Lipinski definition) is 8. The zero-order chi connectivity index (χ0) is 18.8. The summed E-state index contributed by atoms with van der Waals surface area (Å²) in [7, 11) is 0. The molecule has 0 aromatic carbocycles. The van der Waals surface area contributed by atoms with Gasteiger partial charge in [0.2, 0.25) is 5.28 Å². The van der Waals surface area contributed by atoms with Crippen molar-refractivity contribution in [3.63, 3.8) is 0 Å². The molecule has 1 aliphatic rings. The highest BCUT2D eigenvalue weighted by Gasteiger charge is 2.20. The number of imidazole rings is 1. The molecule has 0 radical (unpaired) electrons. The third-order valence-electron chi connectivity index (χ3n) is 3.97. The molecule has 1 aliphatic heterocycles. The number of H-pyrrole nitrogens is 1. The second kappa shape index (κ2) is 7.29. The van der Waals surface area contributed by atoms with Crippen LogP contribution in [0, 0.1) is 0 Å². The van der Waals surface area contributed by atoms with Gasteiger partial charge in [0.1, 0.15) is 11.3 Å². The summed E-state index contributed by atoms with van der Waals surface area (Å²) in [5.74, 6) is 1.44. The summed E-state index contributed by atoms with van der Waals surface area (Å²) in [5, 5.41) is 11.1. The minimum atomic E-state index is -1.14. The Labute approximate surface area is 157 Å². The summed E-state index contributed by atoms with van der Waals surface area (Å²) in [6.45, 7) is 2.62. The van der Waals surface area contributed by atoms with E-state index in [9.17, 15) is 4.79 Å². The number of aromatic nitrogens is 6. The number of ether oxygens (including phenoxy) is 1. The van der Waals surface area contributed by atoms with Gasteiger partial charge in [0.05, 0.1) is 25.3 Å². The third-order valence-corrected chi connectivity index (χ3v) is 4.15. The van der Waals surface area contributed by atoms with Crippen molar-refractivity contribution in [1.82, 2.24) is 35.2 Å². The molecule has 4 heterocycles. The second-order valence-corrected chi connectivity index (χ2v) is 6.10. The van der Waals surface area contributed by atoms with Crippen LogP contribution >= 0.6 is 11.6 Å². The number of aromatic amines is 1. The minimum Gasteiger partial charge on any atom is -0.465 e. The van der Waals surface area contributed by atoms with E-state index in [-0.39, 0.29) is 11.8 Å². The van der Waals surface area contributed by atoms with Crippen LogP contribution in [0.2, 0.25) is 5.28 Å². The normalized spacial score (nSPS) is 14.5. The molecule has 0 bridgehead atoms. The number of nitrogens with one attached hydrogen (secondary N) is 2. The molecule has 0 spiro atoms. The molecule has 1 amide bonds. The van der Waals surface area contributed by atoms with Crippen LogP contribution in [-0.4, -0.2) is 67.4 Å². The number of carbonyl (C=O) groups is 1. The smallest absolute Gasteiger partial charge is 0.405 e. The van der Waals surface area contributed by atoms with Gasteiger partial charge in [0.15, 0.2) is 17.3 Å². The van der Waals surface area contributed by atoms with E-state index in [1.54, 1.807) is 12.4 Å². The summed E-state index contributed by atoms with van der Waals surface area (Å²) < 4.78 is 5.40. The number of halogens is 1. The van der Waals surface area contributed by atoms with Crippen molar-refractivity contribution in [3.8, 4) is 11.4 Å². The lowest BCUT2D eigenvalue weighted by Crippen LogP contribution is -2.37. The van der Waals surface area contributed by atoms with Crippen molar-refractivity contribution in [2.45, 2.75) is 6.54 Å². The van der Waals surface area contributed by atoms with Crippen molar-refractivity contribution >= 4 is 34.7 Å². The fourth-order valence-electron chi connectivity index (χ4n) is 2.70. The Balaban J connectivity index is 1.70. The van der Waals surface area contributed by atoms with E-state index in [1.165, 1.54) is 0 Å². The zero-order valence-electron chi connectivity index (χ0n) is 14.0. The minimum absolute atomic E-state index is 0.0174. The first-order valence-electron chi connectivity index (χ1n) is 8.14. The largest absolute Gasteiger partial charge is 0.465 e. The molecule has 1 saturated heterocycles. The van der Waals surface area contributed by atoms with Gasteiger partial charge in [-0.1, -0.05) is 0 Å². The average Bonchev–Trinajstić information content (AvgIpc) is 3.06. The average molecular weight is 391 g/mol. The van der Waals surface area contributed by atoms with Crippen LogP contribution in [0.5, 0.6) is 0 Å². The maximum Gasteiger partial charge on any atom is 0.405 e. The van der Waals surface area contributed by atoms with Crippen LogP contribution in [-0.2, 0) is 11.3 Å². The monoisotopic (exact) mass is 390 g/mol. The van der Waals surface area contributed by atoms with Crippen LogP contribution in [0.1, 0.15) is 5.82 Å². The van der Waals surface area contributed by atoms with E-state index in [0.29, 0.717) is 60.5 Å². The molecule has 0 atom stereocenters. The van der Waals surface area contributed by atoms with Gasteiger partial charge in [-0.05, 0) is 11.6 Å². The van der Waals surface area contributed by atoms with Gasteiger partial charge >= 0.3 is 6.09 Å². The molecule has 27 heavy (non-hydrogen) atoms. The molecule has 3 N–H and O–H groups in total. The molecule has 1 fully saturated rings. The summed E-state index contributed by atoms with van der Waals surface area (Å²) in [4.78, 5) is 37.2. The summed E-state index contributed by atoms with van der Waals surface area (Å²) >= 11 is 6.02. The van der Waals surface area contributed by atoms with Gasteiger partial charge in [-0.3, -0.25) is 0 Å². The van der Waals surface area contributed by atoms with Crippen LogP contribution in [0.15, 0.2) is 12.4 Å². The molecule has 4 rings (SSSR count). The molecule has 3 aromatic heterocycles. The number of nitrogens with zero attached hydrogens (tertiary/aromatic N) is 6. The quantitative estimate of drug-likeness (QED) is 0.557. The molecule has 11 nitrogen and oxygen atoms in total. The van der Waals surface area contributed by atoms with Gasteiger partial charge in [0, 0.05) is 25.5 Å². The van der Waals surface area contributed by atoms with Gasteiger partial charge in [-0.2, -0.15) is 4.98 Å². The number of morpholine rings is 1. The molecule has 0 aliphatic carbocycles. The van der Waals surface area contributed by atoms with Gasteiger partial charge in [-0.25, -0.2) is 24.7 Å². The van der Waals surface area contributed by atoms with Crippen LogP contribution in [0.4, 0.5) is 10.6 Å². The number of hydrogen-bond donors (Lipinski definition) is 3. The van der Waals surface area contributed by atoms with Crippen LogP contribution in [0.3, 0.4) is 0 Å². The van der Waals surface area contributed by atoms with Crippen molar-refractivity contribution in [2.24, 2.45) is 0 Å². The van der Waals surface area contributed by atoms with E-state index >= 15 is 0 Å². The number of amides is 1. The Hall–Kier alpha value is -3.05. The SMILES string of the molecule is O=C(O)NCc1ncc(-c2nc(N3CCOCC3)c3[nH]c(Cl)nc3n2)cn1. The van der Waals surface area contributed by atoms with Crippen LogP contribution in [0.25, 0.3) is 22.6 Å². The number of rotatable bonds is 4. The maximum absolute atomic E-state index is 10.6. The molecule has 0 unspecified atom stereocenters. The Kier molecular flexibility index (Phi) is 4.69. The fraction of sp³-hybridized carbons (Fsp3) is 0.333. The summed E-state index contributed by atoms with van der Waals surface area (Å²) in [6.07, 6.45) is 1.96. The van der Waals surface area contributed by atoms with Crippen LogP contribution < -0.4 is 10.2 Å². The van der Waals surface area contributed by atoms with E-state index in [2.05, 4.69) is 40.1 Å². The van der Waals surface area contributed by atoms with Gasteiger partial charge < -0.3 is 25.0 Å². The summed E-state index contributed by atoms with van der Waals surface area (Å²) in [5.41, 5.74) is 1.70. The molecular formula is C15H15ClN8O3. The molecule has 0 saturated carbocycles. The van der Waals surface area contributed by atoms with E-state index in [1.807, 2.05) is 0 Å². The summed E-state index contributed by atoms with van der Waals surface area (Å²) in [6, 6.07) is 0. The Morgan fingerprint density at radius 3 is 2.70 bits per heavy atom. The first kappa shape index (κ1) is 17.4. The predicted octanol–water partition coefficient (Wildman–Crippen LogP) is 1.07. The first-order valence-corrected chi connectivity index (χ1v) is 8.52. The maximum atomic E-state index is 10.6. The third kappa shape index (κ3) is 3.73. The molecule has 140 valence electrons. The fourth-order valence-corrected chi connectivity index (χ4v) is 2.88. The standard InChI is InChI=1S/C15H15ClN8O3/c16-14-20-10-12(23-14)21-11(22-13(10)24-1-3-27-4-2-24)8-5-17-9(18-6-8)7-19-15(25)26/h5-6,19H,1-4,7H2,(H,25,26)(H,20,21,22,23). The topological polar surface area (TPSA) is 142 Å². The van der Waals surface area contributed by atoms with Crippen molar-refractivity contribution < 1.29 is 14.6 Å². The lowest BCUT2D eigenvalue weighted by Gasteiger charge is -2.28. The number of fused-ring (bicyclic) bond motifs is 1. The van der Waals surface area contributed by atoms with E-state index in [0.717, 1.165) is 0 Å². The highest BCUT2D eigenvalue weighted by molar-refractivity contribution is 6.29. The van der Waals surface area contributed by atoms with Crippen molar-refractivity contribution in [2.75, 3.05) is 31.2 Å². The highest BCUT2D eigenvalue weighted by atomic mass is 35.5. The number of anilines is 1. The molecule has 3 aromatic rings. The zero-order valence-corrected chi connectivity index (χ0v) is 14.8. The predicted molar refractivity (Wildman–Crippen MR) is 95.6 cm³/mol. The van der Waals surface area contributed by atoms with E-state index in [4.69, 9.17) is 21.4 Å². The Morgan fingerprint density at radius 1 is 1.26 bits per heavy atom. The van der Waals surface area contributed by atoms with Crippen molar-refractivity contribution in [1.29, 1.82) is 0 Å². The van der Waals surface area contributed by atoms with Gasteiger partial charge in [0.25, 0.3) is 0 Å². The lowest BCUT2D eigenvalue weighted by atomic mass is 10.3. The Morgan fingerprint density at radius 2 is 2.00 bits per heavy atom. The highest BCUT2D eigenvalue weighted by Crippen LogP contribution is 2.27. The molecular weight excluding hydrogens is 376 g/mol. The van der Waals surface area contributed by atoms with Crippen molar-refractivity contribution in [3.05, 3.63) is 23.5 Å². The number of carboxylic acid groups (broad SMARTS) is 1. The second-order valence-electron chi connectivity index (χ2n) is 5.74. The lowest BCUT2D eigenvalue weighted by molar-refractivity contribution is 0.122. The Bertz CT molecular complexity index is 971. The first-order chi connectivity index (χ1) is 13.1.